The van der Waals surface area contributed by atoms with Gasteiger partial charge in [0.25, 0.3) is 11.8 Å². The number of carbonyl (C=O) groups is 5. The SMILES string of the molecule is O=C(O)COC1CCN(c2ccc3c(c2)C(=O)N(C2CCC(=O)NC2=O)C3=O)CC1. The van der Waals surface area contributed by atoms with Crippen LogP contribution in [0.3, 0.4) is 0 Å². The molecule has 3 heterocycles. The molecule has 1 unspecified atom stereocenters. The smallest absolute Gasteiger partial charge is 0.329 e. The first kappa shape index (κ1) is 20.0. The van der Waals surface area contributed by atoms with Gasteiger partial charge in [0, 0.05) is 25.2 Å². The van der Waals surface area contributed by atoms with E-state index in [2.05, 4.69) is 5.32 Å². The van der Waals surface area contributed by atoms with Crippen molar-refractivity contribution in [3.05, 3.63) is 29.3 Å². The summed E-state index contributed by atoms with van der Waals surface area (Å²) in [5.41, 5.74) is 1.26. The third kappa shape index (κ3) is 3.65. The lowest BCUT2D eigenvalue weighted by atomic mass is 10.0. The monoisotopic (exact) mass is 415 g/mol. The Hall–Kier alpha value is -3.27. The number of benzene rings is 1. The summed E-state index contributed by atoms with van der Waals surface area (Å²) < 4.78 is 5.34. The van der Waals surface area contributed by atoms with Crippen LogP contribution in [-0.4, -0.2) is 71.4 Å². The number of nitrogens with zero attached hydrogens (tertiary/aromatic N) is 2. The van der Waals surface area contributed by atoms with E-state index in [1.807, 2.05) is 4.90 Å². The molecule has 0 aromatic heterocycles. The Labute approximate surface area is 171 Å². The zero-order chi connectivity index (χ0) is 21.4. The number of piperidine rings is 2. The van der Waals surface area contributed by atoms with Crippen molar-refractivity contribution in [3.8, 4) is 0 Å². The topological polar surface area (TPSA) is 133 Å². The third-order valence-electron chi connectivity index (χ3n) is 5.67. The van der Waals surface area contributed by atoms with E-state index < -0.39 is 35.6 Å². The van der Waals surface area contributed by atoms with Crippen LogP contribution in [-0.2, 0) is 19.1 Å². The highest BCUT2D eigenvalue weighted by molar-refractivity contribution is 6.23. The summed E-state index contributed by atoms with van der Waals surface area (Å²) in [6.45, 7) is 0.931. The minimum absolute atomic E-state index is 0.0773. The van der Waals surface area contributed by atoms with Crippen LogP contribution in [0.2, 0.25) is 0 Å². The average Bonchev–Trinajstić information content (AvgIpc) is 2.97. The summed E-state index contributed by atoms with van der Waals surface area (Å²) in [6, 6.07) is 4.01. The van der Waals surface area contributed by atoms with Crippen LogP contribution in [0.5, 0.6) is 0 Å². The van der Waals surface area contributed by atoms with Gasteiger partial charge in [-0.1, -0.05) is 0 Å². The number of hydrogen-bond acceptors (Lipinski definition) is 7. The molecule has 0 bridgehead atoms. The fraction of sp³-hybridized carbons (Fsp3) is 0.450. The minimum atomic E-state index is -1.00. The number of nitrogens with one attached hydrogen (secondary N) is 1. The highest BCUT2D eigenvalue weighted by Gasteiger charge is 2.44. The van der Waals surface area contributed by atoms with Gasteiger partial charge in [-0.15, -0.1) is 0 Å². The van der Waals surface area contributed by atoms with Gasteiger partial charge in [-0.25, -0.2) is 4.79 Å². The van der Waals surface area contributed by atoms with Crippen LogP contribution in [0.4, 0.5) is 5.69 Å². The number of fused-ring (bicyclic) bond motifs is 1. The third-order valence-corrected chi connectivity index (χ3v) is 5.67. The van der Waals surface area contributed by atoms with Gasteiger partial charge in [0.2, 0.25) is 11.8 Å². The Morgan fingerprint density at radius 1 is 1.07 bits per heavy atom. The summed E-state index contributed by atoms with van der Waals surface area (Å²) in [6.07, 6.45) is 1.37. The number of carbonyl (C=O) groups excluding carboxylic acids is 4. The standard InChI is InChI=1S/C20H21N3O7/c24-16-4-3-15(18(27)21-16)23-19(28)13-2-1-11(9-14(13)20(23)29)22-7-5-12(6-8-22)30-10-17(25)26/h1-2,9,12,15H,3-8,10H2,(H,25,26)(H,21,24,27). The van der Waals surface area contributed by atoms with E-state index in [0.29, 0.717) is 25.9 Å². The summed E-state index contributed by atoms with van der Waals surface area (Å²) in [5, 5.41) is 10.9. The number of carboxylic acids is 1. The van der Waals surface area contributed by atoms with Gasteiger partial charge in [0.15, 0.2) is 0 Å². The molecule has 0 aliphatic carbocycles. The van der Waals surface area contributed by atoms with Crippen molar-refractivity contribution in [2.24, 2.45) is 0 Å². The normalized spacial score (nSPS) is 22.3. The predicted octanol–water partition coefficient (Wildman–Crippen LogP) is 0.158. The van der Waals surface area contributed by atoms with E-state index in [1.54, 1.807) is 18.2 Å². The highest BCUT2D eigenvalue weighted by Crippen LogP contribution is 2.31. The molecule has 3 aliphatic rings. The quantitative estimate of drug-likeness (QED) is 0.650. The van der Waals surface area contributed by atoms with Crippen LogP contribution in [0.1, 0.15) is 46.4 Å². The number of rotatable bonds is 5. The molecule has 1 aromatic carbocycles. The maximum absolute atomic E-state index is 12.9. The average molecular weight is 415 g/mol. The molecule has 4 rings (SSSR count). The Kier molecular flexibility index (Phi) is 5.25. The first-order valence-electron chi connectivity index (χ1n) is 9.79. The largest absolute Gasteiger partial charge is 0.480 e. The zero-order valence-electron chi connectivity index (χ0n) is 16.1. The number of anilines is 1. The van der Waals surface area contributed by atoms with Crippen molar-refractivity contribution >= 4 is 35.3 Å². The fourth-order valence-corrected chi connectivity index (χ4v) is 4.13. The molecule has 10 nitrogen and oxygen atoms in total. The van der Waals surface area contributed by atoms with Gasteiger partial charge in [0.1, 0.15) is 12.6 Å². The van der Waals surface area contributed by atoms with Gasteiger partial charge < -0.3 is 14.7 Å². The lowest BCUT2D eigenvalue weighted by Gasteiger charge is -2.33. The lowest BCUT2D eigenvalue weighted by Crippen LogP contribution is -2.54. The molecule has 30 heavy (non-hydrogen) atoms. The molecule has 1 aromatic rings. The molecule has 2 N–H and O–H groups in total. The van der Waals surface area contributed by atoms with E-state index in [4.69, 9.17) is 9.84 Å². The van der Waals surface area contributed by atoms with E-state index in [0.717, 1.165) is 10.6 Å². The molecule has 0 saturated carbocycles. The van der Waals surface area contributed by atoms with Crippen molar-refractivity contribution in [2.75, 3.05) is 24.6 Å². The van der Waals surface area contributed by atoms with E-state index in [-0.39, 0.29) is 36.7 Å². The van der Waals surface area contributed by atoms with Crippen molar-refractivity contribution in [1.29, 1.82) is 0 Å². The maximum atomic E-state index is 12.9. The molecule has 158 valence electrons. The maximum Gasteiger partial charge on any atom is 0.329 e. The van der Waals surface area contributed by atoms with Crippen LogP contribution < -0.4 is 10.2 Å². The van der Waals surface area contributed by atoms with E-state index >= 15 is 0 Å². The molecule has 0 spiro atoms. The van der Waals surface area contributed by atoms with Crippen LogP contribution >= 0.6 is 0 Å². The first-order valence-corrected chi connectivity index (χ1v) is 9.79. The lowest BCUT2D eigenvalue weighted by molar-refractivity contribution is -0.144. The highest BCUT2D eigenvalue weighted by atomic mass is 16.5. The van der Waals surface area contributed by atoms with Gasteiger partial charge >= 0.3 is 5.97 Å². The number of imide groups is 2. The molecule has 0 radical (unpaired) electrons. The van der Waals surface area contributed by atoms with Gasteiger partial charge in [-0.05, 0) is 37.5 Å². The Morgan fingerprint density at radius 2 is 1.77 bits per heavy atom. The second-order valence-corrected chi connectivity index (χ2v) is 7.57. The number of aliphatic carboxylic acids is 1. The van der Waals surface area contributed by atoms with Crippen LogP contribution in [0.15, 0.2) is 18.2 Å². The fourth-order valence-electron chi connectivity index (χ4n) is 4.13. The van der Waals surface area contributed by atoms with Crippen molar-refractivity contribution in [1.82, 2.24) is 10.2 Å². The number of ether oxygens (including phenoxy) is 1. The van der Waals surface area contributed by atoms with E-state index in [9.17, 15) is 24.0 Å². The Bertz CT molecular complexity index is 936. The van der Waals surface area contributed by atoms with Gasteiger partial charge in [-0.3, -0.25) is 29.4 Å². The van der Waals surface area contributed by atoms with Gasteiger partial charge in [0.05, 0.1) is 17.2 Å². The molecular weight excluding hydrogens is 394 g/mol. The van der Waals surface area contributed by atoms with Crippen molar-refractivity contribution < 1.29 is 33.8 Å². The number of amides is 4. The first-order chi connectivity index (χ1) is 14.3. The number of carboxylic acid groups (broad SMARTS) is 1. The predicted molar refractivity (Wildman–Crippen MR) is 102 cm³/mol. The van der Waals surface area contributed by atoms with E-state index in [1.165, 1.54) is 0 Å². The Morgan fingerprint density at radius 3 is 2.43 bits per heavy atom. The Balaban J connectivity index is 1.47. The van der Waals surface area contributed by atoms with Crippen molar-refractivity contribution in [2.45, 2.75) is 37.8 Å². The van der Waals surface area contributed by atoms with Crippen LogP contribution in [0.25, 0.3) is 0 Å². The number of hydrogen-bond donors (Lipinski definition) is 2. The summed E-state index contributed by atoms with van der Waals surface area (Å²) >= 11 is 0. The second-order valence-electron chi connectivity index (χ2n) is 7.57. The minimum Gasteiger partial charge on any atom is -0.480 e. The van der Waals surface area contributed by atoms with Crippen molar-refractivity contribution in [3.63, 3.8) is 0 Å². The molecule has 3 aliphatic heterocycles. The molecule has 2 fully saturated rings. The summed E-state index contributed by atoms with van der Waals surface area (Å²) in [4.78, 5) is 62.8. The molecule has 1 atom stereocenters. The second kappa shape index (κ2) is 7.86. The molecule has 4 amide bonds. The molecule has 2 saturated heterocycles. The summed E-state index contributed by atoms with van der Waals surface area (Å²) in [5.74, 6) is -3.11. The zero-order valence-corrected chi connectivity index (χ0v) is 16.1. The summed E-state index contributed by atoms with van der Waals surface area (Å²) in [7, 11) is 0. The van der Waals surface area contributed by atoms with Gasteiger partial charge in [-0.2, -0.15) is 0 Å². The molecular formula is C20H21N3O7. The molecule has 10 heteroatoms. The van der Waals surface area contributed by atoms with Crippen LogP contribution in [0, 0.1) is 0 Å².